The number of carbonyl (C=O) groups is 1. The number of rotatable bonds is 3. The Bertz CT molecular complexity index is 998. The third-order valence-electron chi connectivity index (χ3n) is 7.77. The molecule has 32 heavy (non-hydrogen) atoms. The molecule has 172 valence electrons. The van der Waals surface area contributed by atoms with Gasteiger partial charge in [-0.2, -0.15) is 0 Å². The van der Waals surface area contributed by atoms with E-state index in [0.717, 1.165) is 30.5 Å². The maximum Gasteiger partial charge on any atom is 0.335 e. The van der Waals surface area contributed by atoms with E-state index in [1.54, 1.807) is 6.07 Å². The van der Waals surface area contributed by atoms with Crippen molar-refractivity contribution in [2.45, 2.75) is 67.2 Å². The molecular formula is C22H25NO9. The molecule has 2 fully saturated rings. The van der Waals surface area contributed by atoms with Crippen molar-refractivity contribution in [3.63, 3.8) is 0 Å². The van der Waals surface area contributed by atoms with Gasteiger partial charge in [-0.1, -0.05) is 18.2 Å². The lowest BCUT2D eigenvalue weighted by atomic mass is 9.53. The van der Waals surface area contributed by atoms with Crippen molar-refractivity contribution in [2.75, 3.05) is 6.54 Å². The third kappa shape index (κ3) is 2.53. The summed E-state index contributed by atoms with van der Waals surface area (Å²) in [5.41, 5.74) is 1.66. The zero-order valence-corrected chi connectivity index (χ0v) is 17.0. The predicted octanol–water partition coefficient (Wildman–Crippen LogP) is -1.23. The SMILES string of the molecule is O=C(O)[C@H]1O[C@@H](O[C@@H]2C=C[C@H]3[C@H]4Cc5ccc(O)c6c5[C@@]3(CCN4)[C@@H]2O6)[C@H](O)[C@@H](O)[C@@H]1O. The van der Waals surface area contributed by atoms with Crippen molar-refractivity contribution in [3.05, 3.63) is 35.4 Å². The van der Waals surface area contributed by atoms with Crippen LogP contribution in [0.2, 0.25) is 0 Å². The van der Waals surface area contributed by atoms with Crippen LogP contribution in [-0.2, 0) is 26.1 Å². The van der Waals surface area contributed by atoms with Gasteiger partial charge in [0, 0.05) is 22.9 Å². The number of piperidine rings is 1. The van der Waals surface area contributed by atoms with Gasteiger partial charge in [-0.05, 0) is 31.0 Å². The summed E-state index contributed by atoms with van der Waals surface area (Å²) >= 11 is 0. The highest BCUT2D eigenvalue weighted by Gasteiger charge is 2.64. The lowest BCUT2D eigenvalue weighted by Gasteiger charge is -2.54. The zero-order chi connectivity index (χ0) is 22.4. The predicted molar refractivity (Wildman–Crippen MR) is 106 cm³/mol. The number of carboxylic acid groups (broad SMARTS) is 1. The fourth-order valence-corrected chi connectivity index (χ4v) is 6.40. The standard InChI is InChI=1S/C22H25NO9/c24-11-3-1-8-7-10-9-2-4-12(19-22(9,5-6-23-10)13(8)17(11)31-19)30-21-16(27)14(25)15(26)18(32-21)20(28)29/h1-4,9-10,12,14-16,18-19,21,23-27H,5-7H2,(H,28,29)/t9-,10+,12+,14-,15-,16+,18-,19+,21+,22-/m0/s1. The minimum absolute atomic E-state index is 0.0560. The first-order valence-electron chi connectivity index (χ1n) is 10.8. The molecule has 0 amide bonds. The summed E-state index contributed by atoms with van der Waals surface area (Å²) < 4.78 is 17.6. The van der Waals surface area contributed by atoms with E-state index < -0.39 is 54.3 Å². The van der Waals surface area contributed by atoms with Gasteiger partial charge in [0.15, 0.2) is 23.9 Å². The number of aliphatic hydroxyl groups excluding tert-OH is 3. The quantitative estimate of drug-likeness (QED) is 0.310. The van der Waals surface area contributed by atoms with Gasteiger partial charge >= 0.3 is 5.97 Å². The van der Waals surface area contributed by atoms with E-state index in [4.69, 9.17) is 14.2 Å². The third-order valence-corrected chi connectivity index (χ3v) is 7.77. The number of benzene rings is 1. The molecule has 3 aliphatic heterocycles. The molecule has 10 atom stereocenters. The van der Waals surface area contributed by atoms with Crippen molar-refractivity contribution in [1.82, 2.24) is 5.32 Å². The van der Waals surface area contributed by atoms with Gasteiger partial charge in [0.25, 0.3) is 0 Å². The number of carboxylic acids is 1. The van der Waals surface area contributed by atoms with Gasteiger partial charge in [0.1, 0.15) is 30.5 Å². The number of phenols is 1. The largest absolute Gasteiger partial charge is 0.504 e. The summed E-state index contributed by atoms with van der Waals surface area (Å²) in [5.74, 6) is -0.852. The van der Waals surface area contributed by atoms with Gasteiger partial charge in [-0.3, -0.25) is 0 Å². The molecule has 1 spiro atoms. The van der Waals surface area contributed by atoms with Gasteiger partial charge in [0.2, 0.25) is 0 Å². The normalized spacial score (nSPS) is 45.8. The van der Waals surface area contributed by atoms with Crippen molar-refractivity contribution in [2.24, 2.45) is 5.92 Å². The second-order valence-corrected chi connectivity index (χ2v) is 9.29. The molecule has 0 radical (unpaired) electrons. The zero-order valence-electron chi connectivity index (χ0n) is 17.0. The van der Waals surface area contributed by atoms with Gasteiger partial charge in [-0.15, -0.1) is 0 Å². The topological polar surface area (TPSA) is 158 Å². The first-order valence-corrected chi connectivity index (χ1v) is 10.8. The van der Waals surface area contributed by atoms with Gasteiger partial charge < -0.3 is 45.1 Å². The lowest BCUT2D eigenvalue weighted by molar-refractivity contribution is -0.307. The Hall–Kier alpha value is -2.21. The van der Waals surface area contributed by atoms with Gasteiger partial charge in [0.05, 0.1) is 0 Å². The summed E-state index contributed by atoms with van der Waals surface area (Å²) in [7, 11) is 0. The van der Waals surface area contributed by atoms with Crippen molar-refractivity contribution < 1.29 is 44.5 Å². The molecule has 3 heterocycles. The fourth-order valence-electron chi connectivity index (χ4n) is 6.40. The van der Waals surface area contributed by atoms with Crippen LogP contribution in [0.3, 0.4) is 0 Å². The van der Waals surface area contributed by atoms with Gasteiger partial charge in [-0.25, -0.2) is 4.79 Å². The van der Waals surface area contributed by atoms with Crippen LogP contribution < -0.4 is 10.1 Å². The Labute approximate surface area is 183 Å². The highest BCUT2D eigenvalue weighted by Crippen LogP contribution is 2.61. The van der Waals surface area contributed by atoms with E-state index in [-0.39, 0.29) is 17.7 Å². The molecular weight excluding hydrogens is 422 g/mol. The first-order chi connectivity index (χ1) is 15.3. The second-order valence-electron chi connectivity index (χ2n) is 9.29. The molecule has 2 bridgehead atoms. The summed E-state index contributed by atoms with van der Waals surface area (Å²) in [6.45, 7) is 0.769. The number of aromatic hydroxyl groups is 1. The lowest BCUT2D eigenvalue weighted by Crippen LogP contribution is -2.66. The Balaban J connectivity index is 1.37. The Morgan fingerprint density at radius 2 is 1.97 bits per heavy atom. The molecule has 6 N–H and O–H groups in total. The summed E-state index contributed by atoms with van der Waals surface area (Å²) in [6, 6.07) is 3.76. The summed E-state index contributed by atoms with van der Waals surface area (Å²) in [4.78, 5) is 11.4. The smallest absolute Gasteiger partial charge is 0.335 e. The molecule has 6 rings (SSSR count). The van der Waals surface area contributed by atoms with Crippen molar-refractivity contribution in [3.8, 4) is 11.5 Å². The molecule has 10 nitrogen and oxygen atoms in total. The number of hydrogen-bond acceptors (Lipinski definition) is 9. The van der Waals surface area contributed by atoms with Crippen LogP contribution in [0.4, 0.5) is 0 Å². The molecule has 0 unspecified atom stereocenters. The minimum atomic E-state index is -1.79. The molecule has 0 saturated carbocycles. The van der Waals surface area contributed by atoms with E-state index in [1.807, 2.05) is 12.1 Å². The van der Waals surface area contributed by atoms with E-state index in [0.29, 0.717) is 5.75 Å². The Morgan fingerprint density at radius 3 is 2.75 bits per heavy atom. The van der Waals surface area contributed by atoms with Crippen LogP contribution in [0, 0.1) is 5.92 Å². The molecule has 0 aromatic heterocycles. The molecule has 10 heteroatoms. The first kappa shape index (κ1) is 20.4. The average molecular weight is 447 g/mol. The van der Waals surface area contributed by atoms with Crippen LogP contribution in [-0.4, -0.2) is 87.0 Å². The Morgan fingerprint density at radius 1 is 1.16 bits per heavy atom. The van der Waals surface area contributed by atoms with Crippen LogP contribution in [0.5, 0.6) is 11.5 Å². The van der Waals surface area contributed by atoms with Crippen molar-refractivity contribution >= 4 is 5.97 Å². The highest BCUT2D eigenvalue weighted by molar-refractivity contribution is 5.73. The molecule has 1 aromatic rings. The maximum absolute atomic E-state index is 11.4. The molecule has 2 saturated heterocycles. The molecule has 1 aromatic carbocycles. The van der Waals surface area contributed by atoms with Crippen LogP contribution in [0.15, 0.2) is 24.3 Å². The van der Waals surface area contributed by atoms with Crippen LogP contribution >= 0.6 is 0 Å². The highest BCUT2D eigenvalue weighted by atomic mass is 16.7. The number of nitrogens with one attached hydrogen (secondary N) is 1. The second kappa shape index (κ2) is 6.89. The van der Waals surface area contributed by atoms with E-state index in [1.165, 1.54) is 0 Å². The van der Waals surface area contributed by atoms with E-state index >= 15 is 0 Å². The van der Waals surface area contributed by atoms with Crippen molar-refractivity contribution in [1.29, 1.82) is 0 Å². The summed E-state index contributed by atoms with van der Waals surface area (Å²) in [6.07, 6.45) is -4.26. The molecule has 2 aliphatic carbocycles. The monoisotopic (exact) mass is 447 g/mol. The minimum Gasteiger partial charge on any atom is -0.504 e. The Kier molecular flexibility index (Phi) is 4.40. The number of ether oxygens (including phenoxy) is 3. The number of aliphatic carboxylic acids is 1. The average Bonchev–Trinajstić information content (AvgIpc) is 3.11. The fraction of sp³-hybridized carbons (Fsp3) is 0.591. The maximum atomic E-state index is 11.4. The molecule has 5 aliphatic rings. The van der Waals surface area contributed by atoms with E-state index in [2.05, 4.69) is 11.4 Å². The number of aliphatic hydroxyl groups is 3. The van der Waals surface area contributed by atoms with E-state index in [9.17, 15) is 30.3 Å². The summed E-state index contributed by atoms with van der Waals surface area (Å²) in [5, 5.41) is 53.9. The van der Waals surface area contributed by atoms with Crippen LogP contribution in [0.1, 0.15) is 17.5 Å². The number of hydrogen-bond donors (Lipinski definition) is 6. The van der Waals surface area contributed by atoms with Crippen LogP contribution in [0.25, 0.3) is 0 Å². The number of phenolic OH excluding ortho intramolecular Hbond substituents is 1.